The van der Waals surface area contributed by atoms with Crippen molar-refractivity contribution in [2.24, 2.45) is 0 Å². The van der Waals surface area contributed by atoms with Gasteiger partial charge in [0.1, 0.15) is 0 Å². The van der Waals surface area contributed by atoms with Gasteiger partial charge in [0.05, 0.1) is 0 Å². The molecule has 0 heterocycles. The van der Waals surface area contributed by atoms with E-state index in [1.165, 1.54) is 0 Å². The fourth-order valence-electron chi connectivity index (χ4n) is 0. The Morgan fingerprint density at radius 2 is 0.125 bits per heavy atom. The van der Waals surface area contributed by atoms with Crippen molar-refractivity contribution in [1.82, 2.24) is 0 Å². The first-order chi connectivity index (χ1) is 0. The quantitative estimate of drug-likeness (QED) is 0.415. The minimum atomic E-state index is 0. The molecule has 0 fully saturated rings. The first kappa shape index (κ1) is 0. The molecule has 0 saturated heterocycles. The summed E-state index contributed by atoms with van der Waals surface area (Å²) in [5, 5.41) is 0. The Balaban J connectivity index is 0. The molecule has 0 unspecified atom stereocenters. The normalized spacial score (nSPS) is 0. The molecule has 8 heavy (non-hydrogen) atoms. The van der Waals surface area contributed by atoms with Crippen molar-refractivity contribution in [2.45, 2.75) is 0 Å². The molecule has 0 aromatic carbocycles. The Morgan fingerprint density at radius 3 is 0.125 bits per heavy atom. The van der Waals surface area contributed by atoms with Gasteiger partial charge >= 0.3 is 0 Å². The van der Waals surface area contributed by atoms with E-state index < -0.39 is 0 Å². The zero-order valence-corrected chi connectivity index (χ0v) is 4.00. The van der Waals surface area contributed by atoms with Crippen LogP contribution in [0.4, 0.5) is 0 Å². The summed E-state index contributed by atoms with van der Waals surface area (Å²) in [4.78, 5) is 0. The third-order valence-corrected chi connectivity index (χ3v) is 0. The van der Waals surface area contributed by atoms with E-state index in [1.54, 1.807) is 0 Å². The molecule has 0 atom stereocenters. The average molecular weight is 96.1 g/mol. The van der Waals surface area contributed by atoms with E-state index >= 15 is 0 Å². The maximum absolute atomic E-state index is 0. The van der Waals surface area contributed by atoms with Crippen LogP contribution in [0.5, 0.6) is 0 Å². The highest BCUT2D eigenvalue weighted by Crippen LogP contribution is 0.0883. The van der Waals surface area contributed by atoms with Crippen molar-refractivity contribution in [3.05, 3.63) is 59.4 Å². The monoisotopic (exact) mass is 96.0 g/mol. The van der Waals surface area contributed by atoms with Crippen molar-refractivity contribution in [3.63, 3.8) is 0 Å². The van der Waals surface area contributed by atoms with Crippen molar-refractivity contribution in [3.8, 4) is 0 Å². The largest absolute Gasteiger partial charge is 0 e. The molecule has 0 amide bonds. The zero-order valence-electron chi connectivity index (χ0n) is 4.00. The van der Waals surface area contributed by atoms with Crippen LogP contribution in [0.2, 0.25) is 0 Å². The minimum Gasteiger partial charge on any atom is 0 e. The lowest BCUT2D eigenvalue weighted by Crippen LogP contribution is 0.0803. The van der Waals surface area contributed by atoms with E-state index in [0.29, 0.717) is 0 Å². The van der Waals surface area contributed by atoms with E-state index in [2.05, 4.69) is 0 Å². The Hall–Kier alpha value is 0. The third kappa shape index (κ3) is 0. The van der Waals surface area contributed by atoms with Crippen LogP contribution in [-0.4, -0.2) is 0 Å². The van der Waals surface area contributed by atoms with Crippen LogP contribution in [-0.2, 0) is 0 Å². The molecular weight excluding hydrogens is 96.1 g/mol. The molecule has 0 spiro atoms. The van der Waals surface area contributed by atoms with E-state index in [0.717, 1.165) is 0 Å². The van der Waals surface area contributed by atoms with Gasteiger partial charge < -0.3 is 0 Å². The van der Waals surface area contributed by atoms with Gasteiger partial charge in [-0.1, -0.05) is 0 Å². The lowest BCUT2D eigenvalue weighted by molar-refractivity contribution is 3.24. The zero-order chi connectivity index (χ0) is 0. The number of hydrogen-bond acceptors (Lipinski definition) is 0. The van der Waals surface area contributed by atoms with Gasteiger partial charge in [-0.3, -0.25) is 0 Å². The summed E-state index contributed by atoms with van der Waals surface area (Å²) < 4.78 is 0. The number of hydrogen-bond donors (Lipinski definition) is 0. The van der Waals surface area contributed by atoms with Crippen LogP contribution in [0, 0.1) is 59.4 Å². The smallest absolute Gasteiger partial charge is 0 e. The molecule has 0 saturated carbocycles. The molecule has 0 rings (SSSR count). The summed E-state index contributed by atoms with van der Waals surface area (Å²) in [5.41, 5.74) is 0. The van der Waals surface area contributed by atoms with Crippen molar-refractivity contribution in [1.29, 1.82) is 0 Å². The van der Waals surface area contributed by atoms with Gasteiger partial charge in [-0.25, -0.2) is 0 Å². The molecule has 0 aliphatic rings. The molecule has 0 N–H and O–H groups in total. The van der Waals surface area contributed by atoms with Crippen molar-refractivity contribution < 1.29 is 0 Å². The van der Waals surface area contributed by atoms with Crippen LogP contribution < -0.4 is 0 Å². The van der Waals surface area contributed by atoms with E-state index in [1.807, 2.05) is 0 Å². The molecule has 0 aromatic heterocycles. The van der Waals surface area contributed by atoms with Crippen LogP contribution in [0.15, 0.2) is 0 Å². The maximum atomic E-state index is 0. The van der Waals surface area contributed by atoms with Gasteiger partial charge in [-0.15, -0.1) is 0 Å². The Kier molecular flexibility index (Phi) is 0. The maximum Gasteiger partial charge on any atom is 0 e. The molecule has 0 aliphatic carbocycles. The van der Waals surface area contributed by atoms with Gasteiger partial charge in [0.25, 0.3) is 0 Å². The van der Waals surface area contributed by atoms with Crippen LogP contribution >= 0.6 is 0 Å². The Morgan fingerprint density at radius 1 is 0.125 bits per heavy atom. The summed E-state index contributed by atoms with van der Waals surface area (Å²) >= 11 is 0. The predicted molar refractivity (Wildman–Crippen MR) is 25.9 cm³/mol. The van der Waals surface area contributed by atoms with Crippen molar-refractivity contribution >= 4 is 0 Å². The van der Waals surface area contributed by atoms with E-state index in [4.69, 9.17) is 0 Å². The fourth-order valence-corrected chi connectivity index (χ4v) is 0. The molecular formula is C8. The van der Waals surface area contributed by atoms with Gasteiger partial charge in [0, 0.05) is 59.4 Å². The lowest BCUT2D eigenvalue weighted by atomic mass is 12.0. The molecule has 0 heteroatoms. The predicted octanol–water partition coefficient (Wildman–Crippen LogP) is 0.650. The van der Waals surface area contributed by atoms with Gasteiger partial charge in [-0.2, -0.15) is 0 Å². The third-order valence-electron chi connectivity index (χ3n) is 0. The summed E-state index contributed by atoms with van der Waals surface area (Å²) in [7, 11) is 0. The van der Waals surface area contributed by atoms with Crippen LogP contribution in [0.25, 0.3) is 0 Å². The first-order valence-electron chi connectivity index (χ1n) is 0. The summed E-state index contributed by atoms with van der Waals surface area (Å²) in [6.07, 6.45) is 0. The molecule has 0 bridgehead atoms. The molecule has 0 nitrogen and oxygen atoms in total. The SMILES string of the molecule is [C].[C].[C].[C].[C].[C].[C].[C]. The highest BCUT2D eigenvalue weighted by molar-refractivity contribution is 3.25. The second kappa shape index (κ2) is 0. The summed E-state index contributed by atoms with van der Waals surface area (Å²) in [6, 6.07) is 0. The van der Waals surface area contributed by atoms with Crippen molar-refractivity contribution in [2.75, 3.05) is 0 Å². The van der Waals surface area contributed by atoms with Gasteiger partial charge in [-0.05, 0) is 0 Å². The standard InChI is InChI=1S/8C. The molecule has 0 aromatic rings. The van der Waals surface area contributed by atoms with Crippen LogP contribution in [0.1, 0.15) is 0 Å². The first-order valence-corrected chi connectivity index (χ1v) is 0. The van der Waals surface area contributed by atoms with Gasteiger partial charge in [0.15, 0.2) is 0 Å². The fraction of sp³-hybridized carbons (Fsp3) is 0. The topological polar surface area (TPSA) is 0 Å². The Labute approximate surface area is 60.3 Å². The van der Waals surface area contributed by atoms with E-state index in [-0.39, 0.29) is 59.4 Å². The summed E-state index contributed by atoms with van der Waals surface area (Å²) in [5.74, 6) is 0. The average Bonchev–Trinajstić information content (AvgIpc) is 0. The number of rotatable bonds is 0. The second-order valence-electron chi connectivity index (χ2n) is 0. The summed E-state index contributed by atoms with van der Waals surface area (Å²) in [6.45, 7) is 0. The molecule has 32 radical (unpaired) electrons. The highest BCUT2D eigenvalue weighted by atomic mass is 12.0. The second-order valence-corrected chi connectivity index (χ2v) is 0. The van der Waals surface area contributed by atoms with Gasteiger partial charge in [0.2, 0.25) is 0 Å². The minimum absolute atomic E-state index is 0. The highest BCUT2D eigenvalue weighted by Gasteiger charge is 0.00700. The van der Waals surface area contributed by atoms with E-state index in [9.17, 15) is 0 Å². The lowest BCUT2D eigenvalue weighted by Gasteiger charge is -0.00100. The van der Waals surface area contributed by atoms with Crippen LogP contribution in [0.3, 0.4) is 0 Å². The Bertz CT molecular complexity index is 0. The molecule has 32 valence electrons. The molecule has 0 aliphatic heterocycles.